The first kappa shape index (κ1) is 19.0. The van der Waals surface area contributed by atoms with Crippen LogP contribution in [0.4, 0.5) is 5.82 Å². The fourth-order valence-electron chi connectivity index (χ4n) is 3.65. The van der Waals surface area contributed by atoms with Crippen molar-refractivity contribution < 1.29 is 4.79 Å². The van der Waals surface area contributed by atoms with Crippen molar-refractivity contribution in [2.75, 3.05) is 24.5 Å². The Labute approximate surface area is 170 Å². The van der Waals surface area contributed by atoms with Gasteiger partial charge in [-0.05, 0) is 42.9 Å². The number of carbonyl (C=O) groups excluding carboxylic acids is 1. The number of nitrogens with zero attached hydrogens (tertiary/aromatic N) is 6. The van der Waals surface area contributed by atoms with Crippen LogP contribution in [0.15, 0.2) is 55.1 Å². The molecule has 4 rings (SSSR count). The Balaban J connectivity index is 1.24. The highest BCUT2D eigenvalue weighted by atomic mass is 16.1. The van der Waals surface area contributed by atoms with Crippen molar-refractivity contribution in [1.29, 1.82) is 0 Å². The minimum absolute atomic E-state index is 0.231. The maximum Gasteiger partial charge on any atom is 0.271 e. The zero-order chi connectivity index (χ0) is 19.9. The highest BCUT2D eigenvalue weighted by Crippen LogP contribution is 2.24. The van der Waals surface area contributed by atoms with Crippen LogP contribution in [0, 0.1) is 5.92 Å². The summed E-state index contributed by atoms with van der Waals surface area (Å²) in [6, 6.07) is 14.3. The number of piperidine rings is 1. The predicted molar refractivity (Wildman–Crippen MR) is 109 cm³/mol. The van der Waals surface area contributed by atoms with Gasteiger partial charge in [-0.3, -0.25) is 9.48 Å². The third-order valence-electron chi connectivity index (χ3n) is 5.28. The zero-order valence-electron chi connectivity index (χ0n) is 16.3. The summed E-state index contributed by atoms with van der Waals surface area (Å²) in [5.41, 5.74) is 1.73. The Bertz CT molecular complexity index is 889. The van der Waals surface area contributed by atoms with Gasteiger partial charge in [0.25, 0.3) is 5.91 Å². The Hall–Kier alpha value is -3.29. The number of benzene rings is 1. The Kier molecular flexibility index (Phi) is 6.09. The van der Waals surface area contributed by atoms with E-state index in [0.29, 0.717) is 24.7 Å². The maximum atomic E-state index is 12.2. The van der Waals surface area contributed by atoms with Gasteiger partial charge in [-0.2, -0.15) is 5.10 Å². The lowest BCUT2D eigenvalue weighted by Crippen LogP contribution is -2.35. The van der Waals surface area contributed by atoms with Gasteiger partial charge in [0.2, 0.25) is 0 Å². The van der Waals surface area contributed by atoms with E-state index in [0.717, 1.165) is 38.2 Å². The van der Waals surface area contributed by atoms with Gasteiger partial charge in [0.05, 0.1) is 6.54 Å². The molecule has 29 heavy (non-hydrogen) atoms. The van der Waals surface area contributed by atoms with Gasteiger partial charge in [0, 0.05) is 19.6 Å². The molecule has 3 aromatic rings. The highest BCUT2D eigenvalue weighted by Gasteiger charge is 2.21. The molecule has 2 aromatic heterocycles. The zero-order valence-corrected chi connectivity index (χ0v) is 16.3. The van der Waals surface area contributed by atoms with E-state index < -0.39 is 0 Å². The number of hydrogen-bond acceptors (Lipinski definition) is 6. The van der Waals surface area contributed by atoms with Gasteiger partial charge in [0.1, 0.15) is 12.7 Å². The van der Waals surface area contributed by atoms with Crippen molar-refractivity contribution in [3.8, 4) is 0 Å². The van der Waals surface area contributed by atoms with E-state index in [4.69, 9.17) is 0 Å². The molecule has 0 unspecified atom stereocenters. The fraction of sp³-hybridized carbons (Fsp3) is 0.381. The van der Waals surface area contributed by atoms with E-state index in [1.54, 1.807) is 17.1 Å². The monoisotopic (exact) mass is 391 g/mol. The molecular weight excluding hydrogens is 366 g/mol. The average Bonchev–Trinajstić information content (AvgIpc) is 3.29. The van der Waals surface area contributed by atoms with E-state index in [1.807, 2.05) is 6.07 Å². The predicted octanol–water partition coefficient (Wildman–Crippen LogP) is 1.96. The summed E-state index contributed by atoms with van der Waals surface area (Å²) < 4.78 is 1.66. The Morgan fingerprint density at radius 3 is 2.59 bits per heavy atom. The van der Waals surface area contributed by atoms with Crippen LogP contribution in [0.3, 0.4) is 0 Å². The van der Waals surface area contributed by atoms with E-state index in [1.165, 1.54) is 11.9 Å². The summed E-state index contributed by atoms with van der Waals surface area (Å²) in [6.45, 7) is 2.96. The second-order valence-electron chi connectivity index (χ2n) is 7.31. The number of amides is 1. The molecule has 8 heteroatoms. The molecule has 1 fully saturated rings. The van der Waals surface area contributed by atoms with Crippen LogP contribution in [0.5, 0.6) is 0 Å². The molecule has 0 radical (unpaired) electrons. The second-order valence-corrected chi connectivity index (χ2v) is 7.31. The summed E-state index contributed by atoms with van der Waals surface area (Å²) in [5.74, 6) is 1.31. The number of nitrogens with one attached hydrogen (secondary N) is 1. The molecule has 0 atom stereocenters. The first-order valence-electron chi connectivity index (χ1n) is 10.0. The SMILES string of the molecule is O=C(NCCn1cncn1)c1ccc(N2CCC(Cc3ccccc3)CC2)nn1. The average molecular weight is 391 g/mol. The van der Waals surface area contributed by atoms with Crippen LogP contribution in [0.2, 0.25) is 0 Å². The van der Waals surface area contributed by atoms with Crippen molar-refractivity contribution in [2.45, 2.75) is 25.8 Å². The third kappa shape index (κ3) is 5.16. The number of anilines is 1. The van der Waals surface area contributed by atoms with Gasteiger partial charge in [-0.25, -0.2) is 4.98 Å². The second kappa shape index (κ2) is 9.27. The molecule has 1 amide bonds. The number of rotatable bonds is 7. The van der Waals surface area contributed by atoms with Crippen LogP contribution in [0.1, 0.15) is 28.9 Å². The van der Waals surface area contributed by atoms with E-state index in [-0.39, 0.29) is 5.91 Å². The Morgan fingerprint density at radius 1 is 1.07 bits per heavy atom. The summed E-state index contributed by atoms with van der Waals surface area (Å²) in [4.78, 5) is 18.3. The Morgan fingerprint density at radius 2 is 1.90 bits per heavy atom. The number of hydrogen-bond donors (Lipinski definition) is 1. The van der Waals surface area contributed by atoms with Gasteiger partial charge >= 0.3 is 0 Å². The third-order valence-corrected chi connectivity index (χ3v) is 5.28. The van der Waals surface area contributed by atoms with Crippen LogP contribution < -0.4 is 10.2 Å². The largest absolute Gasteiger partial charge is 0.355 e. The number of carbonyl (C=O) groups is 1. The summed E-state index contributed by atoms with van der Waals surface area (Å²) >= 11 is 0. The minimum atomic E-state index is -0.231. The minimum Gasteiger partial charge on any atom is -0.355 e. The van der Waals surface area contributed by atoms with Crippen LogP contribution in [0.25, 0.3) is 0 Å². The lowest BCUT2D eigenvalue weighted by Gasteiger charge is -2.32. The molecule has 1 aliphatic heterocycles. The summed E-state index contributed by atoms with van der Waals surface area (Å²) in [5, 5.41) is 15.2. The number of aromatic nitrogens is 5. The van der Waals surface area contributed by atoms with Crippen molar-refractivity contribution in [3.05, 3.63) is 66.4 Å². The summed E-state index contributed by atoms with van der Waals surface area (Å²) in [6.07, 6.45) is 6.50. The van der Waals surface area contributed by atoms with Crippen molar-refractivity contribution >= 4 is 11.7 Å². The molecule has 1 N–H and O–H groups in total. The van der Waals surface area contributed by atoms with Gasteiger partial charge in [-0.1, -0.05) is 30.3 Å². The highest BCUT2D eigenvalue weighted by molar-refractivity contribution is 5.92. The molecule has 1 saturated heterocycles. The summed E-state index contributed by atoms with van der Waals surface area (Å²) in [7, 11) is 0. The molecule has 1 aliphatic rings. The van der Waals surface area contributed by atoms with E-state index in [9.17, 15) is 4.79 Å². The molecule has 0 saturated carbocycles. The fourth-order valence-corrected chi connectivity index (χ4v) is 3.65. The van der Waals surface area contributed by atoms with Crippen molar-refractivity contribution in [2.24, 2.45) is 5.92 Å². The topological polar surface area (TPSA) is 88.8 Å². The molecule has 150 valence electrons. The normalized spacial score (nSPS) is 14.7. The van der Waals surface area contributed by atoms with Gasteiger partial charge in [0.15, 0.2) is 11.5 Å². The quantitative estimate of drug-likeness (QED) is 0.662. The molecule has 1 aromatic carbocycles. The molecule has 0 bridgehead atoms. The standard InChI is InChI=1S/C21H25N7O/c29-21(23-10-13-28-16-22-15-24-28)19-6-7-20(26-25-19)27-11-8-18(9-12-27)14-17-4-2-1-3-5-17/h1-7,15-16,18H,8-14H2,(H,23,29). The van der Waals surface area contributed by atoms with Crippen molar-refractivity contribution in [1.82, 2.24) is 30.3 Å². The van der Waals surface area contributed by atoms with Crippen LogP contribution in [-0.4, -0.2) is 50.5 Å². The first-order valence-corrected chi connectivity index (χ1v) is 10.0. The molecular formula is C21H25N7O. The molecule has 3 heterocycles. The van der Waals surface area contributed by atoms with Gasteiger partial charge < -0.3 is 10.2 Å². The molecule has 8 nitrogen and oxygen atoms in total. The maximum absolute atomic E-state index is 12.2. The van der Waals surface area contributed by atoms with Crippen LogP contribution in [-0.2, 0) is 13.0 Å². The lowest BCUT2D eigenvalue weighted by molar-refractivity contribution is 0.0946. The van der Waals surface area contributed by atoms with Crippen molar-refractivity contribution in [3.63, 3.8) is 0 Å². The van der Waals surface area contributed by atoms with E-state index in [2.05, 4.69) is 60.8 Å². The first-order chi connectivity index (χ1) is 14.3. The smallest absolute Gasteiger partial charge is 0.271 e. The lowest BCUT2D eigenvalue weighted by atomic mass is 9.90. The van der Waals surface area contributed by atoms with Crippen LogP contribution >= 0.6 is 0 Å². The van der Waals surface area contributed by atoms with E-state index >= 15 is 0 Å². The molecule has 0 spiro atoms. The molecule has 0 aliphatic carbocycles. The van der Waals surface area contributed by atoms with Gasteiger partial charge in [-0.15, -0.1) is 10.2 Å².